The van der Waals surface area contributed by atoms with Crippen molar-refractivity contribution in [3.8, 4) is 11.8 Å². The third-order valence-corrected chi connectivity index (χ3v) is 2.77. The fourth-order valence-electron chi connectivity index (χ4n) is 1.12. The molecule has 0 N–H and O–H groups in total. The van der Waals surface area contributed by atoms with E-state index in [-0.39, 0.29) is 0 Å². The lowest BCUT2D eigenvalue weighted by molar-refractivity contribution is 0.441. The van der Waals surface area contributed by atoms with Crippen LogP contribution in [-0.4, -0.2) is 9.97 Å². The Kier molecular flexibility index (Phi) is 2.97. The minimum absolute atomic E-state index is 0.360. The standard InChI is InChI=1S/C11H9BrN2O/c1-8-7-9(3-4-10(8)12)15-11-13-5-2-6-14-11/h2-7H,1H3. The van der Waals surface area contributed by atoms with Gasteiger partial charge in [-0.1, -0.05) is 15.9 Å². The molecule has 0 radical (unpaired) electrons. The van der Waals surface area contributed by atoms with Gasteiger partial charge in [-0.25, -0.2) is 9.97 Å². The zero-order valence-corrected chi connectivity index (χ0v) is 9.73. The highest BCUT2D eigenvalue weighted by molar-refractivity contribution is 9.10. The maximum absolute atomic E-state index is 5.47. The van der Waals surface area contributed by atoms with Crippen molar-refractivity contribution in [1.29, 1.82) is 0 Å². The third kappa shape index (κ3) is 2.53. The van der Waals surface area contributed by atoms with Crippen molar-refractivity contribution >= 4 is 15.9 Å². The predicted molar refractivity (Wildman–Crippen MR) is 61.0 cm³/mol. The topological polar surface area (TPSA) is 35.0 Å². The summed E-state index contributed by atoms with van der Waals surface area (Å²) in [7, 11) is 0. The lowest BCUT2D eigenvalue weighted by Gasteiger charge is -2.04. The van der Waals surface area contributed by atoms with Crippen LogP contribution in [0.3, 0.4) is 0 Å². The van der Waals surface area contributed by atoms with Gasteiger partial charge in [0.2, 0.25) is 0 Å². The molecule has 0 saturated heterocycles. The molecule has 0 aliphatic rings. The second-order valence-corrected chi connectivity index (χ2v) is 3.90. The number of benzene rings is 1. The smallest absolute Gasteiger partial charge is 0.321 e. The molecular weight excluding hydrogens is 256 g/mol. The summed E-state index contributed by atoms with van der Waals surface area (Å²) in [6, 6.07) is 7.85. The van der Waals surface area contributed by atoms with Crippen LogP contribution >= 0.6 is 15.9 Å². The molecule has 0 aliphatic carbocycles. The van der Waals surface area contributed by atoms with E-state index < -0.39 is 0 Å². The van der Waals surface area contributed by atoms with Crippen LogP contribution < -0.4 is 4.74 Å². The van der Waals surface area contributed by atoms with Crippen LogP contribution in [0.15, 0.2) is 41.1 Å². The molecule has 0 atom stereocenters. The van der Waals surface area contributed by atoms with E-state index in [1.54, 1.807) is 18.5 Å². The summed E-state index contributed by atoms with van der Waals surface area (Å²) in [5.74, 6) is 0.738. The molecule has 1 aromatic heterocycles. The van der Waals surface area contributed by atoms with Crippen molar-refractivity contribution in [1.82, 2.24) is 9.97 Å². The number of nitrogens with zero attached hydrogens (tertiary/aromatic N) is 2. The number of aromatic nitrogens is 2. The lowest BCUT2D eigenvalue weighted by Crippen LogP contribution is -1.90. The molecule has 0 bridgehead atoms. The number of rotatable bonds is 2. The maximum Gasteiger partial charge on any atom is 0.321 e. The van der Waals surface area contributed by atoms with Gasteiger partial charge in [0.25, 0.3) is 0 Å². The van der Waals surface area contributed by atoms with Crippen LogP contribution in [0.4, 0.5) is 0 Å². The van der Waals surface area contributed by atoms with Gasteiger partial charge in [0.1, 0.15) is 5.75 Å². The highest BCUT2D eigenvalue weighted by Crippen LogP contribution is 2.23. The minimum Gasteiger partial charge on any atom is -0.424 e. The van der Waals surface area contributed by atoms with Gasteiger partial charge < -0.3 is 4.74 Å². The maximum atomic E-state index is 5.47. The van der Waals surface area contributed by atoms with Crippen molar-refractivity contribution in [2.24, 2.45) is 0 Å². The Labute approximate surface area is 96.3 Å². The van der Waals surface area contributed by atoms with Crippen molar-refractivity contribution in [2.45, 2.75) is 6.92 Å². The van der Waals surface area contributed by atoms with E-state index in [9.17, 15) is 0 Å². The van der Waals surface area contributed by atoms with Gasteiger partial charge in [-0.3, -0.25) is 0 Å². The number of ether oxygens (including phenoxy) is 1. The molecule has 2 aromatic rings. The first kappa shape index (κ1) is 10.1. The monoisotopic (exact) mass is 264 g/mol. The fourth-order valence-corrected chi connectivity index (χ4v) is 1.37. The Bertz CT molecular complexity index is 459. The summed E-state index contributed by atoms with van der Waals surface area (Å²) in [6.07, 6.45) is 3.29. The van der Waals surface area contributed by atoms with Crippen molar-refractivity contribution in [3.63, 3.8) is 0 Å². The summed E-state index contributed by atoms with van der Waals surface area (Å²) in [5, 5.41) is 0. The zero-order chi connectivity index (χ0) is 10.7. The van der Waals surface area contributed by atoms with Crippen LogP contribution in [0, 0.1) is 6.92 Å². The van der Waals surface area contributed by atoms with Gasteiger partial charge in [0, 0.05) is 16.9 Å². The molecule has 1 heterocycles. The first-order chi connectivity index (χ1) is 7.25. The minimum atomic E-state index is 0.360. The molecule has 0 saturated carbocycles. The van der Waals surface area contributed by atoms with Crippen molar-refractivity contribution < 1.29 is 4.74 Å². The van der Waals surface area contributed by atoms with Crippen LogP contribution in [-0.2, 0) is 0 Å². The summed E-state index contributed by atoms with van der Waals surface area (Å²) < 4.78 is 6.53. The van der Waals surface area contributed by atoms with Crippen LogP contribution in [0.2, 0.25) is 0 Å². The van der Waals surface area contributed by atoms with Gasteiger partial charge in [-0.15, -0.1) is 0 Å². The van der Waals surface area contributed by atoms with Gasteiger partial charge in [0.15, 0.2) is 0 Å². The summed E-state index contributed by atoms with van der Waals surface area (Å²) in [4.78, 5) is 7.96. The molecule has 2 rings (SSSR count). The summed E-state index contributed by atoms with van der Waals surface area (Å²) in [6.45, 7) is 2.00. The van der Waals surface area contributed by atoms with Crippen molar-refractivity contribution in [3.05, 3.63) is 46.7 Å². The third-order valence-electron chi connectivity index (χ3n) is 1.88. The summed E-state index contributed by atoms with van der Waals surface area (Å²) >= 11 is 3.43. The molecule has 0 amide bonds. The second-order valence-electron chi connectivity index (χ2n) is 3.04. The quantitative estimate of drug-likeness (QED) is 0.835. The zero-order valence-electron chi connectivity index (χ0n) is 8.14. The first-order valence-corrected chi connectivity index (χ1v) is 5.26. The molecule has 76 valence electrons. The molecule has 0 fully saturated rings. The van der Waals surface area contributed by atoms with Gasteiger partial charge >= 0.3 is 6.01 Å². The van der Waals surface area contributed by atoms with Gasteiger partial charge in [0.05, 0.1) is 0 Å². The molecule has 1 aromatic carbocycles. The molecule has 3 nitrogen and oxygen atoms in total. The Morgan fingerprint density at radius 1 is 1.20 bits per heavy atom. The van der Waals surface area contributed by atoms with E-state index in [2.05, 4.69) is 25.9 Å². The Morgan fingerprint density at radius 2 is 1.93 bits per heavy atom. The molecule has 4 heteroatoms. The van der Waals surface area contributed by atoms with Gasteiger partial charge in [-0.05, 0) is 36.8 Å². The number of halogens is 1. The van der Waals surface area contributed by atoms with Crippen molar-refractivity contribution in [2.75, 3.05) is 0 Å². The predicted octanol–water partition coefficient (Wildman–Crippen LogP) is 3.34. The SMILES string of the molecule is Cc1cc(Oc2ncccn2)ccc1Br. The van der Waals surface area contributed by atoms with E-state index in [1.165, 1.54) is 0 Å². The van der Waals surface area contributed by atoms with E-state index >= 15 is 0 Å². The average molecular weight is 265 g/mol. The van der Waals surface area contributed by atoms with Gasteiger partial charge in [-0.2, -0.15) is 0 Å². The van der Waals surface area contributed by atoms with E-state index in [1.807, 2.05) is 25.1 Å². The number of hydrogen-bond acceptors (Lipinski definition) is 3. The van der Waals surface area contributed by atoms with E-state index in [0.29, 0.717) is 6.01 Å². The Balaban J connectivity index is 2.22. The highest BCUT2D eigenvalue weighted by atomic mass is 79.9. The molecule has 15 heavy (non-hydrogen) atoms. The molecule has 0 spiro atoms. The summed E-state index contributed by atoms with van der Waals surface area (Å²) in [5.41, 5.74) is 1.11. The molecule has 0 aliphatic heterocycles. The first-order valence-electron chi connectivity index (χ1n) is 4.47. The lowest BCUT2D eigenvalue weighted by atomic mass is 10.2. The van der Waals surface area contributed by atoms with Crippen LogP contribution in [0.5, 0.6) is 11.8 Å². The van der Waals surface area contributed by atoms with E-state index in [4.69, 9.17) is 4.74 Å². The fraction of sp³-hybridized carbons (Fsp3) is 0.0909. The van der Waals surface area contributed by atoms with Crippen LogP contribution in [0.25, 0.3) is 0 Å². The van der Waals surface area contributed by atoms with E-state index in [0.717, 1.165) is 15.8 Å². The Morgan fingerprint density at radius 3 is 2.60 bits per heavy atom. The largest absolute Gasteiger partial charge is 0.424 e. The van der Waals surface area contributed by atoms with Crippen LogP contribution in [0.1, 0.15) is 5.56 Å². The number of hydrogen-bond donors (Lipinski definition) is 0. The second kappa shape index (κ2) is 4.40. The molecular formula is C11H9BrN2O. The highest BCUT2D eigenvalue weighted by Gasteiger charge is 2.00. The molecule has 0 unspecified atom stereocenters. The normalized spacial score (nSPS) is 10.0. The average Bonchev–Trinajstić information content (AvgIpc) is 2.25. The Hall–Kier alpha value is -1.42. The number of aryl methyl sites for hydroxylation is 1.